The molecule has 0 radical (unpaired) electrons. The van der Waals surface area contributed by atoms with Crippen molar-refractivity contribution in [3.05, 3.63) is 0 Å². The second-order valence-electron chi connectivity index (χ2n) is 4.56. The number of rotatable bonds is 9. The van der Waals surface area contributed by atoms with Gasteiger partial charge in [-0.3, -0.25) is 4.79 Å². The van der Waals surface area contributed by atoms with Crippen LogP contribution in [-0.2, 0) is 4.79 Å². The molecule has 0 aliphatic rings. The molecule has 0 spiro atoms. The third-order valence-electron chi connectivity index (χ3n) is 3.55. The van der Waals surface area contributed by atoms with Gasteiger partial charge in [-0.05, 0) is 32.4 Å². The molecule has 0 heterocycles. The number of carbonyl (C=O) groups is 1. The molecule has 1 amide bonds. The van der Waals surface area contributed by atoms with E-state index in [2.05, 4.69) is 44.6 Å². The first-order valence-corrected chi connectivity index (χ1v) is 7.81. The summed E-state index contributed by atoms with van der Waals surface area (Å²) in [6, 6.07) is 0.406. The highest BCUT2D eigenvalue weighted by molar-refractivity contribution is 8.00. The van der Waals surface area contributed by atoms with Crippen LogP contribution in [-0.4, -0.2) is 36.0 Å². The van der Waals surface area contributed by atoms with Crippen molar-refractivity contribution in [2.75, 3.05) is 19.3 Å². The van der Waals surface area contributed by atoms with E-state index in [0.29, 0.717) is 12.6 Å². The summed E-state index contributed by atoms with van der Waals surface area (Å²) in [6.07, 6.45) is 5.34. The van der Waals surface area contributed by atoms with Crippen LogP contribution in [0.1, 0.15) is 47.0 Å². The molecular formula is C13H28N2OS. The fraction of sp³-hybridized carbons (Fsp3) is 0.923. The molecule has 1 unspecified atom stereocenters. The van der Waals surface area contributed by atoms with Crippen LogP contribution in [0, 0.1) is 0 Å². The number of carbonyl (C=O) groups excluding carboxylic acids is 1. The Hall–Kier alpha value is -0.220. The lowest BCUT2D eigenvalue weighted by Gasteiger charge is -2.29. The lowest BCUT2D eigenvalue weighted by molar-refractivity contribution is -0.120. The fourth-order valence-electron chi connectivity index (χ4n) is 1.59. The van der Waals surface area contributed by atoms with Gasteiger partial charge in [0.25, 0.3) is 0 Å². The molecule has 0 aliphatic carbocycles. The van der Waals surface area contributed by atoms with Crippen molar-refractivity contribution in [3.63, 3.8) is 0 Å². The molecule has 4 heteroatoms. The third-order valence-corrected chi connectivity index (χ3v) is 5.14. The van der Waals surface area contributed by atoms with Crippen molar-refractivity contribution in [1.82, 2.24) is 10.6 Å². The maximum absolute atomic E-state index is 11.7. The summed E-state index contributed by atoms with van der Waals surface area (Å²) in [7, 11) is 0. The monoisotopic (exact) mass is 260 g/mol. The Morgan fingerprint density at radius 2 is 1.88 bits per heavy atom. The standard InChI is InChI=1S/C13H28N2OS/c1-6-11(4)14-9-12(16)15-10-13(7-2,8-3)17-5/h11,14H,6-10H2,1-5H3,(H,15,16). The first-order valence-electron chi connectivity index (χ1n) is 6.58. The van der Waals surface area contributed by atoms with Crippen LogP contribution in [0.5, 0.6) is 0 Å². The molecule has 0 saturated heterocycles. The molecular weight excluding hydrogens is 232 g/mol. The van der Waals surface area contributed by atoms with Gasteiger partial charge < -0.3 is 10.6 Å². The summed E-state index contributed by atoms with van der Waals surface area (Å²) in [5.41, 5.74) is 0. The topological polar surface area (TPSA) is 41.1 Å². The Balaban J connectivity index is 3.97. The van der Waals surface area contributed by atoms with Gasteiger partial charge in [-0.15, -0.1) is 0 Å². The van der Waals surface area contributed by atoms with Crippen LogP contribution in [0.2, 0.25) is 0 Å². The number of hydrogen-bond donors (Lipinski definition) is 2. The number of thioether (sulfide) groups is 1. The van der Waals surface area contributed by atoms with E-state index in [9.17, 15) is 4.79 Å². The average molecular weight is 260 g/mol. The van der Waals surface area contributed by atoms with E-state index in [1.54, 1.807) is 0 Å². The molecule has 102 valence electrons. The zero-order valence-corrected chi connectivity index (χ0v) is 12.7. The molecule has 0 rings (SSSR count). The van der Waals surface area contributed by atoms with Crippen LogP contribution >= 0.6 is 11.8 Å². The Morgan fingerprint density at radius 3 is 2.29 bits per heavy atom. The lowest BCUT2D eigenvalue weighted by atomic mass is 10.0. The van der Waals surface area contributed by atoms with E-state index in [1.807, 2.05) is 11.8 Å². The fourth-order valence-corrected chi connectivity index (χ4v) is 2.39. The Bertz CT molecular complexity index is 209. The zero-order valence-electron chi connectivity index (χ0n) is 11.9. The quantitative estimate of drug-likeness (QED) is 0.669. The van der Waals surface area contributed by atoms with Crippen molar-refractivity contribution < 1.29 is 4.79 Å². The average Bonchev–Trinajstić information content (AvgIpc) is 2.38. The summed E-state index contributed by atoms with van der Waals surface area (Å²) in [5, 5.41) is 6.24. The smallest absolute Gasteiger partial charge is 0.234 e. The van der Waals surface area contributed by atoms with Gasteiger partial charge in [0, 0.05) is 17.3 Å². The van der Waals surface area contributed by atoms with Crippen molar-refractivity contribution in [3.8, 4) is 0 Å². The normalized spacial score (nSPS) is 13.5. The van der Waals surface area contributed by atoms with Crippen LogP contribution in [0.15, 0.2) is 0 Å². The van der Waals surface area contributed by atoms with Crippen molar-refractivity contribution in [2.45, 2.75) is 57.7 Å². The summed E-state index contributed by atoms with van der Waals surface area (Å²) in [6.45, 7) is 9.77. The highest BCUT2D eigenvalue weighted by Gasteiger charge is 2.25. The lowest BCUT2D eigenvalue weighted by Crippen LogP contribution is -2.44. The van der Waals surface area contributed by atoms with Gasteiger partial charge in [0.2, 0.25) is 5.91 Å². The number of hydrogen-bond acceptors (Lipinski definition) is 3. The third kappa shape index (κ3) is 6.32. The molecule has 17 heavy (non-hydrogen) atoms. The maximum atomic E-state index is 11.7. The maximum Gasteiger partial charge on any atom is 0.234 e. The van der Waals surface area contributed by atoms with Crippen molar-refractivity contribution >= 4 is 17.7 Å². The molecule has 3 nitrogen and oxygen atoms in total. The first kappa shape index (κ1) is 16.8. The molecule has 0 aromatic carbocycles. The van der Waals surface area contributed by atoms with E-state index in [0.717, 1.165) is 25.8 Å². The Morgan fingerprint density at radius 1 is 1.29 bits per heavy atom. The SMILES string of the molecule is CCC(C)NCC(=O)NCC(CC)(CC)SC. The van der Waals surface area contributed by atoms with Gasteiger partial charge in [-0.25, -0.2) is 0 Å². The second-order valence-corrected chi connectivity index (χ2v) is 5.84. The molecule has 0 saturated carbocycles. The zero-order chi connectivity index (χ0) is 13.3. The minimum atomic E-state index is 0.102. The van der Waals surface area contributed by atoms with Crippen LogP contribution in [0.3, 0.4) is 0 Å². The Labute approximate surface area is 111 Å². The van der Waals surface area contributed by atoms with Gasteiger partial charge in [0.1, 0.15) is 0 Å². The van der Waals surface area contributed by atoms with Crippen LogP contribution in [0.4, 0.5) is 0 Å². The summed E-state index contributed by atoms with van der Waals surface area (Å²) in [5.74, 6) is 0.102. The molecule has 0 aromatic rings. The van der Waals surface area contributed by atoms with Gasteiger partial charge in [0.15, 0.2) is 0 Å². The summed E-state index contributed by atoms with van der Waals surface area (Å²) < 4.78 is 0.200. The number of nitrogens with one attached hydrogen (secondary N) is 2. The minimum absolute atomic E-state index is 0.102. The van der Waals surface area contributed by atoms with Crippen molar-refractivity contribution in [1.29, 1.82) is 0 Å². The summed E-state index contributed by atoms with van der Waals surface area (Å²) in [4.78, 5) is 11.7. The first-order chi connectivity index (χ1) is 8.03. The van der Waals surface area contributed by atoms with E-state index < -0.39 is 0 Å². The molecule has 2 N–H and O–H groups in total. The van der Waals surface area contributed by atoms with Gasteiger partial charge in [0.05, 0.1) is 6.54 Å². The predicted molar refractivity (Wildman–Crippen MR) is 77.6 cm³/mol. The molecule has 0 bridgehead atoms. The van der Waals surface area contributed by atoms with Crippen LogP contribution in [0.25, 0.3) is 0 Å². The predicted octanol–water partition coefficient (Wildman–Crippen LogP) is 2.41. The highest BCUT2D eigenvalue weighted by Crippen LogP contribution is 2.29. The molecule has 0 aromatic heterocycles. The van der Waals surface area contributed by atoms with Gasteiger partial charge >= 0.3 is 0 Å². The van der Waals surface area contributed by atoms with Gasteiger partial charge in [-0.1, -0.05) is 20.8 Å². The Kier molecular flexibility index (Phi) is 8.70. The minimum Gasteiger partial charge on any atom is -0.354 e. The largest absolute Gasteiger partial charge is 0.354 e. The van der Waals surface area contributed by atoms with E-state index in [4.69, 9.17) is 0 Å². The van der Waals surface area contributed by atoms with E-state index in [-0.39, 0.29) is 10.7 Å². The van der Waals surface area contributed by atoms with Crippen molar-refractivity contribution in [2.24, 2.45) is 0 Å². The molecule has 0 aliphatic heterocycles. The van der Waals surface area contributed by atoms with E-state index in [1.165, 1.54) is 0 Å². The number of amides is 1. The van der Waals surface area contributed by atoms with Gasteiger partial charge in [-0.2, -0.15) is 11.8 Å². The summed E-state index contributed by atoms with van der Waals surface area (Å²) >= 11 is 1.85. The molecule has 1 atom stereocenters. The van der Waals surface area contributed by atoms with Crippen LogP contribution < -0.4 is 10.6 Å². The van der Waals surface area contributed by atoms with E-state index >= 15 is 0 Å². The highest BCUT2D eigenvalue weighted by atomic mass is 32.2. The molecule has 0 fully saturated rings. The second kappa shape index (κ2) is 8.81.